The number of amides is 2. The summed E-state index contributed by atoms with van der Waals surface area (Å²) in [5, 5.41) is 3.12. The molecule has 1 aromatic carbocycles. The Balaban J connectivity index is 1.33. The van der Waals surface area contributed by atoms with Crippen LogP contribution in [0.15, 0.2) is 43.0 Å². The van der Waals surface area contributed by atoms with Gasteiger partial charge in [0, 0.05) is 37.2 Å². The average molecular weight is 338 g/mol. The summed E-state index contributed by atoms with van der Waals surface area (Å²) in [6, 6.07) is 8.81. The van der Waals surface area contributed by atoms with Crippen LogP contribution < -0.4 is 5.32 Å². The molecule has 2 amide bonds. The standard InChI is InChI=1S/C20H26N4O/c25-20(24-12-3-6-19(24)17-4-1-2-5-17)22-14-16-7-9-18(10-8-16)23-13-11-21-15-23/h7-11,13,15,17,19H,1-6,12,14H2,(H,22,25)/t19-/m1/s1. The zero-order chi connectivity index (χ0) is 17.1. The lowest BCUT2D eigenvalue weighted by Crippen LogP contribution is -2.45. The first-order chi connectivity index (χ1) is 12.3. The Morgan fingerprint density at radius 1 is 1.12 bits per heavy atom. The minimum Gasteiger partial charge on any atom is -0.334 e. The van der Waals surface area contributed by atoms with Gasteiger partial charge in [-0.2, -0.15) is 0 Å². The average Bonchev–Trinajstić information content (AvgIpc) is 3.41. The normalized spacial score (nSPS) is 21.0. The van der Waals surface area contributed by atoms with Gasteiger partial charge < -0.3 is 14.8 Å². The van der Waals surface area contributed by atoms with Gasteiger partial charge >= 0.3 is 6.03 Å². The molecule has 1 atom stereocenters. The lowest BCUT2D eigenvalue weighted by molar-refractivity contribution is 0.172. The first-order valence-corrected chi connectivity index (χ1v) is 9.43. The lowest BCUT2D eigenvalue weighted by atomic mass is 9.96. The number of nitrogens with zero attached hydrogens (tertiary/aromatic N) is 3. The third-order valence-electron chi connectivity index (χ3n) is 5.69. The van der Waals surface area contributed by atoms with Crippen molar-refractivity contribution in [2.75, 3.05) is 6.54 Å². The van der Waals surface area contributed by atoms with Crippen molar-refractivity contribution in [3.05, 3.63) is 48.5 Å². The highest BCUT2D eigenvalue weighted by Gasteiger charge is 2.35. The van der Waals surface area contributed by atoms with Crippen LogP contribution in [0, 0.1) is 5.92 Å². The van der Waals surface area contributed by atoms with Gasteiger partial charge in [-0.15, -0.1) is 0 Å². The maximum Gasteiger partial charge on any atom is 0.317 e. The predicted octanol–water partition coefficient (Wildman–Crippen LogP) is 3.74. The highest BCUT2D eigenvalue weighted by Crippen LogP contribution is 2.35. The monoisotopic (exact) mass is 338 g/mol. The second kappa shape index (κ2) is 7.30. The van der Waals surface area contributed by atoms with Crippen LogP contribution in [0.3, 0.4) is 0 Å². The van der Waals surface area contributed by atoms with Gasteiger partial charge in [0.25, 0.3) is 0 Å². The van der Waals surface area contributed by atoms with E-state index < -0.39 is 0 Å². The molecule has 132 valence electrons. The van der Waals surface area contributed by atoms with Crippen LogP contribution in [0.2, 0.25) is 0 Å². The van der Waals surface area contributed by atoms with E-state index in [0.29, 0.717) is 12.6 Å². The minimum atomic E-state index is 0.105. The maximum absolute atomic E-state index is 12.6. The fraction of sp³-hybridized carbons (Fsp3) is 0.500. The largest absolute Gasteiger partial charge is 0.334 e. The van der Waals surface area contributed by atoms with Gasteiger partial charge in [-0.1, -0.05) is 25.0 Å². The van der Waals surface area contributed by atoms with E-state index in [1.807, 2.05) is 10.8 Å². The Morgan fingerprint density at radius 2 is 1.92 bits per heavy atom. The van der Waals surface area contributed by atoms with Crippen LogP contribution in [0.5, 0.6) is 0 Å². The third-order valence-corrected chi connectivity index (χ3v) is 5.69. The SMILES string of the molecule is O=C(NCc1ccc(-n2ccnc2)cc1)N1CCC[C@@H]1C1CCCC1. The maximum atomic E-state index is 12.6. The summed E-state index contributed by atoms with van der Waals surface area (Å²) >= 11 is 0. The Bertz CT molecular complexity index is 689. The van der Waals surface area contributed by atoms with Gasteiger partial charge in [-0.05, 0) is 49.3 Å². The van der Waals surface area contributed by atoms with Crippen molar-refractivity contribution in [2.24, 2.45) is 5.92 Å². The number of rotatable bonds is 4. The molecule has 5 nitrogen and oxygen atoms in total. The number of benzene rings is 1. The molecule has 0 radical (unpaired) electrons. The van der Waals surface area contributed by atoms with Crippen LogP contribution in [0.25, 0.3) is 5.69 Å². The second-order valence-corrected chi connectivity index (χ2v) is 7.24. The number of likely N-dealkylation sites (tertiary alicyclic amines) is 1. The van der Waals surface area contributed by atoms with Crippen LogP contribution in [0.4, 0.5) is 4.79 Å². The third kappa shape index (κ3) is 3.55. The molecule has 2 aliphatic rings. The van der Waals surface area contributed by atoms with Crippen LogP contribution in [-0.2, 0) is 6.54 Å². The number of nitrogens with one attached hydrogen (secondary N) is 1. The Hall–Kier alpha value is -2.30. The molecule has 1 N–H and O–H groups in total. The van der Waals surface area contributed by atoms with Crippen molar-refractivity contribution >= 4 is 6.03 Å². The molecule has 1 aromatic heterocycles. The lowest BCUT2D eigenvalue weighted by Gasteiger charge is -2.29. The van der Waals surface area contributed by atoms with Gasteiger partial charge in [0.05, 0.1) is 6.33 Å². The number of carbonyl (C=O) groups is 1. The summed E-state index contributed by atoms with van der Waals surface area (Å²) in [5.74, 6) is 0.725. The van der Waals surface area contributed by atoms with Crippen molar-refractivity contribution in [1.82, 2.24) is 19.8 Å². The van der Waals surface area contributed by atoms with E-state index in [4.69, 9.17) is 0 Å². The molecule has 0 unspecified atom stereocenters. The molecule has 5 heteroatoms. The Labute approximate surface area is 149 Å². The zero-order valence-electron chi connectivity index (χ0n) is 14.6. The molecule has 1 saturated carbocycles. The summed E-state index contributed by atoms with van der Waals surface area (Å²) in [4.78, 5) is 18.8. The van der Waals surface area contributed by atoms with Crippen molar-refractivity contribution in [1.29, 1.82) is 0 Å². The van der Waals surface area contributed by atoms with E-state index in [9.17, 15) is 4.79 Å². The van der Waals surface area contributed by atoms with Crippen molar-refractivity contribution in [3.63, 3.8) is 0 Å². The van der Waals surface area contributed by atoms with Crippen molar-refractivity contribution in [2.45, 2.75) is 51.1 Å². The zero-order valence-corrected chi connectivity index (χ0v) is 14.6. The van der Waals surface area contributed by atoms with Gasteiger partial charge in [-0.25, -0.2) is 9.78 Å². The summed E-state index contributed by atoms with van der Waals surface area (Å²) in [5.41, 5.74) is 2.20. The van der Waals surface area contributed by atoms with E-state index >= 15 is 0 Å². The molecular weight excluding hydrogens is 312 g/mol. The number of imidazole rings is 1. The summed E-state index contributed by atoms with van der Waals surface area (Å²) in [6.07, 6.45) is 13.1. The fourth-order valence-corrected chi connectivity index (χ4v) is 4.35. The Kier molecular flexibility index (Phi) is 4.72. The molecular formula is C20H26N4O. The topological polar surface area (TPSA) is 50.2 Å². The van der Waals surface area contributed by atoms with Gasteiger partial charge in [0.1, 0.15) is 0 Å². The molecule has 1 aliphatic heterocycles. The highest BCUT2D eigenvalue weighted by molar-refractivity contribution is 5.75. The summed E-state index contributed by atoms with van der Waals surface area (Å²) in [6.45, 7) is 1.49. The quantitative estimate of drug-likeness (QED) is 0.923. The molecule has 2 heterocycles. The van der Waals surface area contributed by atoms with Crippen LogP contribution in [0.1, 0.15) is 44.1 Å². The first kappa shape index (κ1) is 16.2. The summed E-state index contributed by atoms with van der Waals surface area (Å²) in [7, 11) is 0. The van der Waals surface area contributed by atoms with Gasteiger partial charge in [0.15, 0.2) is 0 Å². The van der Waals surface area contributed by atoms with E-state index in [1.54, 1.807) is 12.5 Å². The number of urea groups is 1. The van der Waals surface area contributed by atoms with Gasteiger partial charge in [0.2, 0.25) is 0 Å². The number of aromatic nitrogens is 2. The molecule has 1 aliphatic carbocycles. The first-order valence-electron chi connectivity index (χ1n) is 9.43. The number of hydrogen-bond donors (Lipinski definition) is 1. The molecule has 0 bridgehead atoms. The predicted molar refractivity (Wildman–Crippen MR) is 97.5 cm³/mol. The summed E-state index contributed by atoms with van der Waals surface area (Å²) < 4.78 is 1.97. The van der Waals surface area contributed by atoms with E-state index in [1.165, 1.54) is 32.1 Å². The second-order valence-electron chi connectivity index (χ2n) is 7.24. The highest BCUT2D eigenvalue weighted by atomic mass is 16.2. The molecule has 25 heavy (non-hydrogen) atoms. The minimum absolute atomic E-state index is 0.105. The molecule has 1 saturated heterocycles. The number of hydrogen-bond acceptors (Lipinski definition) is 2. The van der Waals surface area contributed by atoms with E-state index in [-0.39, 0.29) is 6.03 Å². The molecule has 2 fully saturated rings. The van der Waals surface area contributed by atoms with E-state index in [2.05, 4.69) is 39.5 Å². The van der Waals surface area contributed by atoms with Crippen LogP contribution in [-0.4, -0.2) is 33.1 Å². The molecule has 4 rings (SSSR count). The van der Waals surface area contributed by atoms with Crippen LogP contribution >= 0.6 is 0 Å². The molecule has 0 spiro atoms. The Morgan fingerprint density at radius 3 is 2.64 bits per heavy atom. The smallest absolute Gasteiger partial charge is 0.317 e. The fourth-order valence-electron chi connectivity index (χ4n) is 4.35. The van der Waals surface area contributed by atoms with E-state index in [0.717, 1.165) is 30.1 Å². The van der Waals surface area contributed by atoms with Crippen molar-refractivity contribution < 1.29 is 4.79 Å². The van der Waals surface area contributed by atoms with Gasteiger partial charge in [-0.3, -0.25) is 0 Å². The number of carbonyl (C=O) groups excluding carboxylic acids is 1. The molecule has 2 aromatic rings. The van der Waals surface area contributed by atoms with Crippen molar-refractivity contribution in [3.8, 4) is 5.69 Å².